The molecule has 2 aromatic rings. The van der Waals surface area contributed by atoms with Gasteiger partial charge in [-0.25, -0.2) is 0 Å². The van der Waals surface area contributed by atoms with Crippen molar-refractivity contribution in [1.29, 1.82) is 5.26 Å². The number of nitriles is 1. The minimum absolute atomic E-state index is 0.0788. The van der Waals surface area contributed by atoms with Crippen LogP contribution in [0.25, 0.3) is 0 Å². The van der Waals surface area contributed by atoms with E-state index in [0.29, 0.717) is 10.8 Å². The monoisotopic (exact) mass is 308 g/mol. The van der Waals surface area contributed by atoms with Gasteiger partial charge in [0.05, 0.1) is 6.04 Å². The van der Waals surface area contributed by atoms with Crippen molar-refractivity contribution in [1.82, 2.24) is 4.90 Å². The molecule has 1 amide bonds. The molecule has 1 aromatic heterocycles. The van der Waals surface area contributed by atoms with Crippen molar-refractivity contribution in [2.24, 2.45) is 5.92 Å². The van der Waals surface area contributed by atoms with E-state index in [4.69, 9.17) is 5.26 Å². The maximum Gasteiger partial charge on any atom is 0.254 e. The summed E-state index contributed by atoms with van der Waals surface area (Å²) in [5, 5.41) is 9.06. The van der Waals surface area contributed by atoms with Crippen LogP contribution in [0.2, 0.25) is 0 Å². The van der Waals surface area contributed by atoms with Crippen LogP contribution in [0.4, 0.5) is 0 Å². The first-order valence-electron chi connectivity index (χ1n) is 7.65. The summed E-state index contributed by atoms with van der Waals surface area (Å²) >= 11 is 1.51. The number of rotatable bonds is 3. The van der Waals surface area contributed by atoms with E-state index in [1.54, 1.807) is 0 Å². The molecule has 1 aliphatic carbocycles. The van der Waals surface area contributed by atoms with Crippen molar-refractivity contribution in [3.05, 3.63) is 57.3 Å². The zero-order valence-electron chi connectivity index (χ0n) is 12.2. The average molecular weight is 308 g/mol. The molecule has 22 heavy (non-hydrogen) atoms. The summed E-state index contributed by atoms with van der Waals surface area (Å²) in [7, 11) is 0. The van der Waals surface area contributed by atoms with Crippen LogP contribution in [0.3, 0.4) is 0 Å². The molecule has 4 rings (SSSR count). The summed E-state index contributed by atoms with van der Waals surface area (Å²) in [6.45, 7) is 0.845. The van der Waals surface area contributed by atoms with Gasteiger partial charge < -0.3 is 4.90 Å². The van der Waals surface area contributed by atoms with Gasteiger partial charge in [0.2, 0.25) is 0 Å². The predicted molar refractivity (Wildman–Crippen MR) is 85.7 cm³/mol. The first kappa shape index (κ1) is 13.5. The largest absolute Gasteiger partial charge is 0.330 e. The van der Waals surface area contributed by atoms with E-state index in [0.717, 1.165) is 29.0 Å². The van der Waals surface area contributed by atoms with E-state index in [1.807, 2.05) is 41.3 Å². The van der Waals surface area contributed by atoms with Gasteiger partial charge in [-0.05, 0) is 48.9 Å². The third-order valence-corrected chi connectivity index (χ3v) is 5.61. The van der Waals surface area contributed by atoms with E-state index >= 15 is 0 Å². The number of hydrogen-bond donors (Lipinski definition) is 0. The number of nitrogens with zero attached hydrogens (tertiary/aromatic N) is 2. The van der Waals surface area contributed by atoms with Gasteiger partial charge in [-0.1, -0.05) is 18.2 Å². The van der Waals surface area contributed by atoms with Crippen molar-refractivity contribution in [2.45, 2.75) is 25.3 Å². The number of hydrogen-bond acceptors (Lipinski definition) is 3. The van der Waals surface area contributed by atoms with E-state index in [1.165, 1.54) is 24.2 Å². The Morgan fingerprint density at radius 1 is 1.23 bits per heavy atom. The molecule has 0 N–H and O–H groups in total. The van der Waals surface area contributed by atoms with Crippen LogP contribution in [0.5, 0.6) is 0 Å². The van der Waals surface area contributed by atoms with Gasteiger partial charge in [-0.15, -0.1) is 11.3 Å². The molecule has 1 atom stereocenters. The Kier molecular flexibility index (Phi) is 3.24. The van der Waals surface area contributed by atoms with E-state index < -0.39 is 0 Å². The minimum Gasteiger partial charge on any atom is -0.330 e. The standard InChI is InChI=1S/C18H16N2OS/c19-10-14-7-8-17(22-14)16-9-13-3-1-2-4-15(13)18(21)20(16)11-12-5-6-12/h1-4,7-8,12,16H,5-6,9,11H2. The lowest BCUT2D eigenvalue weighted by Gasteiger charge is -2.36. The van der Waals surface area contributed by atoms with E-state index in [2.05, 4.69) is 6.07 Å². The molecule has 1 fully saturated rings. The third kappa shape index (κ3) is 2.32. The van der Waals surface area contributed by atoms with Gasteiger partial charge in [0.1, 0.15) is 10.9 Å². The Bertz CT molecular complexity index is 769. The molecule has 2 heterocycles. The number of carbonyl (C=O) groups is 1. The fourth-order valence-electron chi connectivity index (χ4n) is 3.16. The molecule has 4 heteroatoms. The summed E-state index contributed by atoms with van der Waals surface area (Å²) in [6.07, 6.45) is 3.30. The number of fused-ring (bicyclic) bond motifs is 1. The van der Waals surface area contributed by atoms with Crippen LogP contribution in [0.1, 0.15) is 44.6 Å². The molecule has 110 valence electrons. The van der Waals surface area contributed by atoms with Gasteiger partial charge in [-0.2, -0.15) is 5.26 Å². The quantitative estimate of drug-likeness (QED) is 0.866. The molecule has 1 aliphatic heterocycles. The highest BCUT2D eigenvalue weighted by molar-refractivity contribution is 7.12. The maximum atomic E-state index is 12.9. The number of amides is 1. The highest BCUT2D eigenvalue weighted by Crippen LogP contribution is 2.39. The molecule has 3 nitrogen and oxygen atoms in total. The molecule has 1 aromatic carbocycles. The zero-order chi connectivity index (χ0) is 15.1. The second-order valence-corrected chi connectivity index (χ2v) is 7.21. The first-order chi connectivity index (χ1) is 10.8. The Morgan fingerprint density at radius 3 is 2.77 bits per heavy atom. The van der Waals surface area contributed by atoms with Crippen molar-refractivity contribution in [3.8, 4) is 6.07 Å². The van der Waals surface area contributed by atoms with E-state index in [-0.39, 0.29) is 11.9 Å². The first-order valence-corrected chi connectivity index (χ1v) is 8.46. The Hall–Kier alpha value is -2.12. The summed E-state index contributed by atoms with van der Waals surface area (Å²) in [4.78, 5) is 16.8. The summed E-state index contributed by atoms with van der Waals surface area (Å²) in [6, 6.07) is 14.1. The lowest BCUT2D eigenvalue weighted by Crippen LogP contribution is -2.41. The maximum absolute atomic E-state index is 12.9. The van der Waals surface area contributed by atoms with Gasteiger partial charge >= 0.3 is 0 Å². The van der Waals surface area contributed by atoms with E-state index in [9.17, 15) is 4.79 Å². The fourth-order valence-corrected chi connectivity index (χ4v) is 4.07. The summed E-state index contributed by atoms with van der Waals surface area (Å²) in [5.41, 5.74) is 1.97. The molecular weight excluding hydrogens is 292 g/mol. The number of benzene rings is 1. The van der Waals surface area contributed by atoms with Gasteiger partial charge in [0.25, 0.3) is 5.91 Å². The second kappa shape index (κ2) is 5.26. The van der Waals surface area contributed by atoms with Crippen molar-refractivity contribution < 1.29 is 4.79 Å². The van der Waals surface area contributed by atoms with Gasteiger partial charge in [0, 0.05) is 17.0 Å². The topological polar surface area (TPSA) is 44.1 Å². The average Bonchev–Trinajstić information content (AvgIpc) is 3.23. The zero-order valence-corrected chi connectivity index (χ0v) is 13.0. The molecule has 0 spiro atoms. The highest BCUT2D eigenvalue weighted by Gasteiger charge is 2.37. The normalized spacial score (nSPS) is 20.6. The van der Waals surface area contributed by atoms with Crippen LogP contribution >= 0.6 is 11.3 Å². The molecule has 1 saturated carbocycles. The molecule has 0 bridgehead atoms. The van der Waals surface area contributed by atoms with Crippen LogP contribution in [-0.2, 0) is 6.42 Å². The minimum atomic E-state index is 0.0788. The third-order valence-electron chi connectivity index (χ3n) is 4.52. The molecular formula is C18H16N2OS. The van der Waals surface area contributed by atoms with Crippen LogP contribution < -0.4 is 0 Å². The molecule has 2 aliphatic rings. The Labute approximate surface area is 133 Å². The summed E-state index contributed by atoms with van der Waals surface area (Å²) in [5.74, 6) is 0.803. The molecule has 0 saturated heterocycles. The Morgan fingerprint density at radius 2 is 2.05 bits per heavy atom. The van der Waals surface area contributed by atoms with Crippen LogP contribution in [0.15, 0.2) is 36.4 Å². The Balaban J connectivity index is 1.74. The van der Waals surface area contributed by atoms with Crippen molar-refractivity contribution in [3.63, 3.8) is 0 Å². The van der Waals surface area contributed by atoms with Gasteiger partial charge in [0.15, 0.2) is 0 Å². The number of carbonyl (C=O) groups excluding carboxylic acids is 1. The summed E-state index contributed by atoms with van der Waals surface area (Å²) < 4.78 is 0. The lowest BCUT2D eigenvalue weighted by atomic mass is 9.92. The fraction of sp³-hybridized carbons (Fsp3) is 0.333. The van der Waals surface area contributed by atoms with Crippen molar-refractivity contribution in [2.75, 3.05) is 6.54 Å². The predicted octanol–water partition coefficient (Wildman–Crippen LogP) is 3.77. The molecule has 1 unspecified atom stereocenters. The van der Waals surface area contributed by atoms with Crippen LogP contribution in [0, 0.1) is 17.2 Å². The number of thiophene rings is 1. The SMILES string of the molecule is N#Cc1ccc(C2Cc3ccccc3C(=O)N2CC2CC2)s1. The molecule has 0 radical (unpaired) electrons. The second-order valence-electron chi connectivity index (χ2n) is 6.09. The van der Waals surface area contributed by atoms with Crippen LogP contribution in [-0.4, -0.2) is 17.4 Å². The lowest BCUT2D eigenvalue weighted by molar-refractivity contribution is 0.0640. The smallest absolute Gasteiger partial charge is 0.254 e. The van der Waals surface area contributed by atoms with Gasteiger partial charge in [-0.3, -0.25) is 4.79 Å². The highest BCUT2D eigenvalue weighted by atomic mass is 32.1. The van der Waals surface area contributed by atoms with Crippen molar-refractivity contribution >= 4 is 17.2 Å².